The lowest BCUT2D eigenvalue weighted by Crippen LogP contribution is -2.48. The van der Waals surface area contributed by atoms with Crippen molar-refractivity contribution in [2.24, 2.45) is 0 Å². The van der Waals surface area contributed by atoms with Gasteiger partial charge in [-0.1, -0.05) is 118 Å². The van der Waals surface area contributed by atoms with Crippen LogP contribution in [0.1, 0.15) is 143 Å². The summed E-state index contributed by atoms with van der Waals surface area (Å²) in [6.07, 6.45) is 24.0. The first-order valence-corrected chi connectivity index (χ1v) is 17.7. The van der Waals surface area contributed by atoms with Crippen LogP contribution in [0.5, 0.6) is 0 Å². The molecule has 200 valence electrons. The average Bonchev–Trinajstić information content (AvgIpc) is 2.79. The maximum atomic E-state index is 6.62. The van der Waals surface area contributed by atoms with Crippen LogP contribution in [0.3, 0.4) is 0 Å². The summed E-state index contributed by atoms with van der Waals surface area (Å²) in [5.41, 5.74) is 1.01. The Kier molecular flexibility index (Phi) is 25.1. The van der Waals surface area contributed by atoms with Crippen molar-refractivity contribution in [2.75, 3.05) is 24.7 Å². The Morgan fingerprint density at radius 1 is 0.424 bits per heavy atom. The van der Waals surface area contributed by atoms with E-state index < -0.39 is 8.56 Å². The summed E-state index contributed by atoms with van der Waals surface area (Å²) < 4.78 is 13.2. The van der Waals surface area contributed by atoms with Gasteiger partial charge in [-0.05, 0) is 48.3 Å². The second-order valence-electron chi connectivity index (χ2n) is 10.5. The molecule has 0 N–H and O–H groups in total. The lowest BCUT2D eigenvalue weighted by molar-refractivity contribution is 0.147. The van der Waals surface area contributed by atoms with Gasteiger partial charge >= 0.3 is 8.56 Å². The van der Waals surface area contributed by atoms with Gasteiger partial charge in [-0.15, -0.1) is 0 Å². The van der Waals surface area contributed by atoms with Crippen molar-refractivity contribution in [2.45, 2.75) is 154 Å². The van der Waals surface area contributed by atoms with Crippen LogP contribution in [-0.2, 0) is 8.85 Å². The zero-order valence-corrected chi connectivity index (χ0v) is 25.7. The molecule has 0 radical (unpaired) electrons. The molecule has 0 aromatic carbocycles. The Morgan fingerprint density at radius 3 is 0.909 bits per heavy atom. The highest BCUT2D eigenvalue weighted by molar-refractivity contribution is 7.80. The standard InChI is InChI=1S/C28H60O2S2Si/c1-27(2)33(28(3)4,29-23-19-15-11-7-5-9-13-17-21-25-31)30-24-20-16-12-8-6-10-14-18-22-26-32/h27-28,31-32H,5-26H2,1-4H3. The molecular weight excluding hydrogens is 461 g/mol. The maximum Gasteiger partial charge on any atom is 0.343 e. The van der Waals surface area contributed by atoms with Crippen molar-refractivity contribution in [3.63, 3.8) is 0 Å². The van der Waals surface area contributed by atoms with Crippen molar-refractivity contribution in [3.8, 4) is 0 Å². The van der Waals surface area contributed by atoms with E-state index in [0.717, 1.165) is 24.7 Å². The van der Waals surface area contributed by atoms with Gasteiger partial charge in [0.1, 0.15) is 0 Å². The monoisotopic (exact) mass is 520 g/mol. The third kappa shape index (κ3) is 18.7. The second kappa shape index (κ2) is 24.5. The molecule has 5 heteroatoms. The highest BCUT2D eigenvalue weighted by Gasteiger charge is 2.44. The van der Waals surface area contributed by atoms with Crippen LogP contribution in [0, 0.1) is 0 Å². The van der Waals surface area contributed by atoms with E-state index in [1.165, 1.54) is 116 Å². The van der Waals surface area contributed by atoms with Crippen LogP contribution in [0.25, 0.3) is 0 Å². The molecule has 0 saturated heterocycles. The molecule has 0 amide bonds. The molecule has 0 aliphatic carbocycles. The van der Waals surface area contributed by atoms with Crippen molar-refractivity contribution in [3.05, 3.63) is 0 Å². The summed E-state index contributed by atoms with van der Waals surface area (Å²) in [5.74, 6) is 2.08. The van der Waals surface area contributed by atoms with Gasteiger partial charge < -0.3 is 8.85 Å². The summed E-state index contributed by atoms with van der Waals surface area (Å²) in [6.45, 7) is 11.0. The molecule has 0 fully saturated rings. The fourth-order valence-corrected chi connectivity index (χ4v) is 8.86. The van der Waals surface area contributed by atoms with Crippen molar-refractivity contribution in [1.82, 2.24) is 0 Å². The molecule has 0 aliphatic heterocycles. The van der Waals surface area contributed by atoms with Crippen LogP contribution in [0.4, 0.5) is 0 Å². The quantitative estimate of drug-likeness (QED) is 0.0671. The summed E-state index contributed by atoms with van der Waals surface area (Å²) in [6, 6.07) is 0. The number of unbranched alkanes of at least 4 members (excludes halogenated alkanes) is 16. The van der Waals surface area contributed by atoms with Gasteiger partial charge in [0.15, 0.2) is 0 Å². The third-order valence-electron chi connectivity index (χ3n) is 6.87. The van der Waals surface area contributed by atoms with E-state index in [0.29, 0.717) is 11.1 Å². The lowest BCUT2D eigenvalue weighted by Gasteiger charge is -2.37. The summed E-state index contributed by atoms with van der Waals surface area (Å²) in [7, 11) is -2.15. The minimum absolute atomic E-state index is 0.506. The fourth-order valence-electron chi connectivity index (χ4n) is 4.74. The first-order chi connectivity index (χ1) is 16.0. The smallest absolute Gasteiger partial charge is 0.343 e. The number of hydrogen-bond acceptors (Lipinski definition) is 4. The Hall–Kier alpha value is 0.837. The first kappa shape index (κ1) is 33.8. The van der Waals surface area contributed by atoms with Crippen molar-refractivity contribution >= 4 is 33.8 Å². The molecule has 0 saturated carbocycles. The van der Waals surface area contributed by atoms with Gasteiger partial charge in [0.25, 0.3) is 0 Å². The van der Waals surface area contributed by atoms with E-state index in [2.05, 4.69) is 53.0 Å². The molecule has 0 rings (SSSR count). The van der Waals surface area contributed by atoms with E-state index >= 15 is 0 Å². The topological polar surface area (TPSA) is 18.5 Å². The van der Waals surface area contributed by atoms with E-state index in [-0.39, 0.29) is 0 Å². The van der Waals surface area contributed by atoms with E-state index in [4.69, 9.17) is 8.85 Å². The van der Waals surface area contributed by atoms with Gasteiger partial charge in [0.2, 0.25) is 0 Å². The molecule has 0 heterocycles. The molecule has 0 aliphatic rings. The highest BCUT2D eigenvalue weighted by atomic mass is 32.1. The normalized spacial score (nSPS) is 12.4. The fraction of sp³-hybridized carbons (Fsp3) is 1.00. The summed E-state index contributed by atoms with van der Waals surface area (Å²) in [5, 5.41) is 0. The Labute approximate surface area is 221 Å². The molecule has 0 spiro atoms. The zero-order valence-electron chi connectivity index (χ0n) is 22.9. The van der Waals surface area contributed by atoms with Crippen LogP contribution >= 0.6 is 25.3 Å². The highest BCUT2D eigenvalue weighted by Crippen LogP contribution is 2.35. The number of thiol groups is 2. The van der Waals surface area contributed by atoms with E-state index in [1.807, 2.05) is 0 Å². The molecular formula is C28H60O2S2Si. The zero-order chi connectivity index (χ0) is 24.6. The Bertz CT molecular complexity index is 358. The van der Waals surface area contributed by atoms with Crippen molar-refractivity contribution in [1.29, 1.82) is 0 Å². The number of rotatable bonds is 26. The SMILES string of the molecule is CC(C)[Si](OCCCCCCCCCCCS)(OCCCCCCCCCCCS)C(C)C. The van der Waals surface area contributed by atoms with Crippen LogP contribution in [0.15, 0.2) is 0 Å². The number of hydrogen-bond donors (Lipinski definition) is 2. The average molecular weight is 521 g/mol. The van der Waals surface area contributed by atoms with E-state index in [9.17, 15) is 0 Å². The van der Waals surface area contributed by atoms with Crippen LogP contribution in [0.2, 0.25) is 11.1 Å². The minimum atomic E-state index is -2.15. The summed E-state index contributed by atoms with van der Waals surface area (Å²) >= 11 is 8.57. The molecule has 0 atom stereocenters. The van der Waals surface area contributed by atoms with Crippen LogP contribution < -0.4 is 0 Å². The largest absolute Gasteiger partial charge is 0.394 e. The van der Waals surface area contributed by atoms with E-state index in [1.54, 1.807) is 0 Å². The first-order valence-electron chi connectivity index (χ1n) is 14.5. The molecule has 0 aromatic heterocycles. The van der Waals surface area contributed by atoms with Gasteiger partial charge in [-0.3, -0.25) is 0 Å². The van der Waals surface area contributed by atoms with Crippen LogP contribution in [-0.4, -0.2) is 33.3 Å². The molecule has 2 nitrogen and oxygen atoms in total. The summed E-state index contributed by atoms with van der Waals surface area (Å²) in [4.78, 5) is 0. The minimum Gasteiger partial charge on any atom is -0.394 e. The molecule has 0 bridgehead atoms. The Balaban J connectivity index is 3.94. The van der Waals surface area contributed by atoms with Gasteiger partial charge in [-0.25, -0.2) is 0 Å². The predicted octanol–water partition coefficient (Wildman–Crippen LogP) is 10.2. The molecule has 0 aromatic rings. The molecule has 33 heavy (non-hydrogen) atoms. The third-order valence-corrected chi connectivity index (χ3v) is 12.0. The lowest BCUT2D eigenvalue weighted by atomic mass is 10.1. The van der Waals surface area contributed by atoms with Gasteiger partial charge in [-0.2, -0.15) is 25.3 Å². The van der Waals surface area contributed by atoms with Gasteiger partial charge in [0, 0.05) is 13.2 Å². The Morgan fingerprint density at radius 2 is 0.667 bits per heavy atom. The molecule has 0 unspecified atom stereocenters. The maximum absolute atomic E-state index is 6.62. The predicted molar refractivity (Wildman–Crippen MR) is 159 cm³/mol. The second-order valence-corrected chi connectivity index (χ2v) is 15.8. The van der Waals surface area contributed by atoms with Gasteiger partial charge in [0.05, 0.1) is 0 Å². The van der Waals surface area contributed by atoms with Crippen molar-refractivity contribution < 1.29 is 8.85 Å².